The maximum Gasteiger partial charge on any atom is 0.361 e. The normalized spacial score (nSPS) is 18.2. The molecule has 4 rings (SSSR count). The molecule has 0 saturated carbocycles. The SMILES string of the molecule is CC(C(CCc1ccccc1)c1ccc(Oc2ccccc2)cc1)N(CC(=O)O)C(=O)C1COC(C(=O)O)O1. The second-order valence-electron chi connectivity index (χ2n) is 9.34. The first-order valence-electron chi connectivity index (χ1n) is 12.7. The summed E-state index contributed by atoms with van der Waals surface area (Å²) >= 11 is 0. The summed E-state index contributed by atoms with van der Waals surface area (Å²) in [6.45, 7) is 0.975. The maximum atomic E-state index is 13.4. The van der Waals surface area contributed by atoms with Crippen LogP contribution in [0.4, 0.5) is 0 Å². The number of benzene rings is 3. The van der Waals surface area contributed by atoms with E-state index in [1.165, 1.54) is 4.90 Å². The van der Waals surface area contributed by atoms with Gasteiger partial charge in [-0.05, 0) is 55.2 Å². The number of hydrogen-bond donors (Lipinski definition) is 2. The van der Waals surface area contributed by atoms with Crippen molar-refractivity contribution in [1.29, 1.82) is 0 Å². The lowest BCUT2D eigenvalue weighted by Crippen LogP contribution is -2.50. The minimum Gasteiger partial charge on any atom is -0.480 e. The minimum absolute atomic E-state index is 0.239. The third-order valence-electron chi connectivity index (χ3n) is 6.70. The molecule has 3 aromatic carbocycles. The van der Waals surface area contributed by atoms with Crippen LogP contribution < -0.4 is 4.74 Å². The van der Waals surface area contributed by atoms with Crippen molar-refractivity contribution in [2.75, 3.05) is 13.2 Å². The molecule has 3 aromatic rings. The molecule has 9 nitrogen and oxygen atoms in total. The monoisotopic (exact) mass is 533 g/mol. The zero-order valence-electron chi connectivity index (χ0n) is 21.5. The Hall–Kier alpha value is -4.21. The van der Waals surface area contributed by atoms with E-state index in [-0.39, 0.29) is 12.5 Å². The predicted octanol–water partition coefficient (Wildman–Crippen LogP) is 4.32. The van der Waals surface area contributed by atoms with Crippen molar-refractivity contribution in [3.63, 3.8) is 0 Å². The van der Waals surface area contributed by atoms with Crippen molar-refractivity contribution in [3.05, 3.63) is 96.1 Å². The zero-order valence-corrected chi connectivity index (χ0v) is 21.5. The molecule has 9 heteroatoms. The molecule has 1 amide bonds. The Morgan fingerprint density at radius 1 is 0.923 bits per heavy atom. The van der Waals surface area contributed by atoms with Gasteiger partial charge in [0.1, 0.15) is 18.0 Å². The summed E-state index contributed by atoms with van der Waals surface area (Å²) in [6.07, 6.45) is -1.43. The van der Waals surface area contributed by atoms with Gasteiger partial charge in [0.05, 0.1) is 6.61 Å². The molecule has 0 radical (unpaired) electrons. The molecule has 2 N–H and O–H groups in total. The molecular weight excluding hydrogens is 502 g/mol. The predicted molar refractivity (Wildman–Crippen MR) is 142 cm³/mol. The lowest BCUT2D eigenvalue weighted by Gasteiger charge is -2.35. The van der Waals surface area contributed by atoms with Gasteiger partial charge >= 0.3 is 11.9 Å². The van der Waals surface area contributed by atoms with Crippen LogP contribution >= 0.6 is 0 Å². The molecule has 1 fully saturated rings. The quantitative estimate of drug-likeness (QED) is 0.353. The van der Waals surface area contributed by atoms with Crippen molar-refractivity contribution in [1.82, 2.24) is 4.90 Å². The number of nitrogens with zero attached hydrogens (tertiary/aromatic N) is 1. The van der Waals surface area contributed by atoms with Gasteiger partial charge in [0.15, 0.2) is 6.10 Å². The highest BCUT2D eigenvalue weighted by atomic mass is 16.7. The average molecular weight is 534 g/mol. The molecule has 0 aromatic heterocycles. The second-order valence-corrected chi connectivity index (χ2v) is 9.34. The van der Waals surface area contributed by atoms with E-state index < -0.39 is 42.8 Å². The van der Waals surface area contributed by atoms with Crippen LogP contribution in [-0.4, -0.2) is 64.5 Å². The molecule has 0 aliphatic carbocycles. The summed E-state index contributed by atoms with van der Waals surface area (Å²) in [5, 5.41) is 18.8. The number of hydrogen-bond acceptors (Lipinski definition) is 6. The van der Waals surface area contributed by atoms with E-state index in [1.807, 2.05) is 84.9 Å². The van der Waals surface area contributed by atoms with E-state index in [2.05, 4.69) is 0 Å². The van der Waals surface area contributed by atoms with Gasteiger partial charge < -0.3 is 29.3 Å². The van der Waals surface area contributed by atoms with Gasteiger partial charge in [-0.15, -0.1) is 0 Å². The van der Waals surface area contributed by atoms with E-state index in [0.717, 1.165) is 11.1 Å². The van der Waals surface area contributed by atoms with Gasteiger partial charge in [-0.2, -0.15) is 0 Å². The molecule has 1 heterocycles. The van der Waals surface area contributed by atoms with Crippen LogP contribution in [0, 0.1) is 0 Å². The largest absolute Gasteiger partial charge is 0.480 e. The topological polar surface area (TPSA) is 123 Å². The summed E-state index contributed by atoms with van der Waals surface area (Å²) in [4.78, 5) is 37.7. The van der Waals surface area contributed by atoms with Gasteiger partial charge in [-0.1, -0.05) is 60.7 Å². The zero-order chi connectivity index (χ0) is 27.8. The first-order chi connectivity index (χ1) is 18.8. The Morgan fingerprint density at radius 2 is 1.54 bits per heavy atom. The van der Waals surface area contributed by atoms with Crippen LogP contribution in [0.5, 0.6) is 11.5 Å². The Morgan fingerprint density at radius 3 is 2.13 bits per heavy atom. The van der Waals surface area contributed by atoms with Crippen molar-refractivity contribution in [3.8, 4) is 11.5 Å². The standard InChI is InChI=1S/C30H31NO8/c1-20(31(18-27(32)33)28(34)26-19-37-30(39-26)29(35)36)25(17-12-21-8-4-2-5-9-21)22-13-15-24(16-14-22)38-23-10-6-3-7-11-23/h2-11,13-16,20,25-26,30H,12,17-19H2,1H3,(H,32,33)(H,35,36). The van der Waals surface area contributed by atoms with Crippen LogP contribution in [0.3, 0.4) is 0 Å². The number of amides is 1. The summed E-state index contributed by atoms with van der Waals surface area (Å²) in [6, 6.07) is 26.3. The van der Waals surface area contributed by atoms with Crippen molar-refractivity contribution < 1.29 is 38.8 Å². The average Bonchev–Trinajstić information content (AvgIpc) is 3.44. The Labute approximate surface area is 226 Å². The summed E-state index contributed by atoms with van der Waals surface area (Å²) in [5.74, 6) is -2.04. The fourth-order valence-corrected chi connectivity index (χ4v) is 4.69. The summed E-state index contributed by atoms with van der Waals surface area (Å²) in [7, 11) is 0. The van der Waals surface area contributed by atoms with Gasteiger partial charge in [-0.3, -0.25) is 9.59 Å². The number of carbonyl (C=O) groups excluding carboxylic acids is 1. The highest BCUT2D eigenvalue weighted by molar-refractivity contribution is 5.86. The maximum absolute atomic E-state index is 13.4. The Kier molecular flexibility index (Phi) is 9.30. The van der Waals surface area contributed by atoms with Gasteiger partial charge in [-0.25, -0.2) is 4.79 Å². The lowest BCUT2D eigenvalue weighted by atomic mass is 9.85. The van der Waals surface area contributed by atoms with E-state index in [9.17, 15) is 19.5 Å². The molecule has 1 saturated heterocycles. The molecule has 0 spiro atoms. The van der Waals surface area contributed by atoms with E-state index >= 15 is 0 Å². The van der Waals surface area contributed by atoms with Crippen LogP contribution in [-0.2, 0) is 30.3 Å². The number of aryl methyl sites for hydroxylation is 1. The van der Waals surface area contributed by atoms with Gasteiger partial charge in [0, 0.05) is 12.0 Å². The Bertz CT molecular complexity index is 1250. The molecule has 0 bridgehead atoms. The van der Waals surface area contributed by atoms with Gasteiger partial charge in [0.25, 0.3) is 12.2 Å². The van der Waals surface area contributed by atoms with Crippen LogP contribution in [0.15, 0.2) is 84.9 Å². The molecule has 1 aliphatic heterocycles. The molecule has 4 unspecified atom stereocenters. The number of carbonyl (C=O) groups is 3. The minimum atomic E-state index is -1.56. The third-order valence-corrected chi connectivity index (χ3v) is 6.70. The van der Waals surface area contributed by atoms with Gasteiger partial charge in [0.2, 0.25) is 0 Å². The van der Waals surface area contributed by atoms with Crippen molar-refractivity contribution in [2.24, 2.45) is 0 Å². The lowest BCUT2D eigenvalue weighted by molar-refractivity contribution is -0.170. The van der Waals surface area contributed by atoms with E-state index in [1.54, 1.807) is 6.92 Å². The highest BCUT2D eigenvalue weighted by Crippen LogP contribution is 2.32. The fraction of sp³-hybridized carbons (Fsp3) is 0.300. The number of rotatable bonds is 12. The molecule has 39 heavy (non-hydrogen) atoms. The number of para-hydroxylation sites is 1. The highest BCUT2D eigenvalue weighted by Gasteiger charge is 2.41. The number of aliphatic carboxylic acids is 2. The first kappa shape index (κ1) is 27.8. The number of carboxylic acid groups (broad SMARTS) is 2. The van der Waals surface area contributed by atoms with Crippen LogP contribution in [0.25, 0.3) is 0 Å². The number of carboxylic acids is 2. The first-order valence-corrected chi connectivity index (χ1v) is 12.7. The Balaban J connectivity index is 1.58. The molecule has 1 aliphatic rings. The molecule has 204 valence electrons. The van der Waals surface area contributed by atoms with Crippen molar-refractivity contribution in [2.45, 2.75) is 44.1 Å². The van der Waals surface area contributed by atoms with E-state index in [4.69, 9.17) is 19.3 Å². The third kappa shape index (κ3) is 7.43. The summed E-state index contributed by atoms with van der Waals surface area (Å²) < 4.78 is 16.2. The number of ether oxygens (including phenoxy) is 3. The smallest absolute Gasteiger partial charge is 0.361 e. The summed E-state index contributed by atoms with van der Waals surface area (Å²) in [5.41, 5.74) is 2.03. The second kappa shape index (κ2) is 13.0. The van der Waals surface area contributed by atoms with Crippen LogP contribution in [0.2, 0.25) is 0 Å². The van der Waals surface area contributed by atoms with E-state index in [0.29, 0.717) is 24.3 Å². The molecule has 4 atom stereocenters. The van der Waals surface area contributed by atoms with Crippen LogP contribution in [0.1, 0.15) is 30.4 Å². The van der Waals surface area contributed by atoms with Crippen molar-refractivity contribution >= 4 is 17.8 Å². The fourth-order valence-electron chi connectivity index (χ4n) is 4.69. The molecular formula is C30H31NO8.